The van der Waals surface area contributed by atoms with E-state index in [1.54, 1.807) is 0 Å². The van der Waals surface area contributed by atoms with E-state index in [1.165, 1.54) is 5.57 Å². The minimum absolute atomic E-state index is 0.0756. The molecule has 6 aliphatic rings. The smallest absolute Gasteiger partial charge is 0.171 e. The maximum Gasteiger partial charge on any atom is 0.171 e. The number of carbonyl (C=O) groups is 1. The van der Waals surface area contributed by atoms with Gasteiger partial charge in [0.05, 0.1) is 13.2 Å². The van der Waals surface area contributed by atoms with Gasteiger partial charge in [-0.05, 0) is 49.5 Å². The average Bonchev–Trinajstić information content (AvgIpc) is 3.23. The maximum atomic E-state index is 12.5. The quantitative estimate of drug-likeness (QED) is 0.473. The molecule has 2 heterocycles. The molecule has 0 bridgehead atoms. The van der Waals surface area contributed by atoms with Gasteiger partial charge < -0.3 is 14.2 Å². The average molecular weight is 373 g/mol. The van der Waals surface area contributed by atoms with Crippen LogP contribution in [0.2, 0.25) is 0 Å². The van der Waals surface area contributed by atoms with Gasteiger partial charge in [0.2, 0.25) is 0 Å². The lowest BCUT2D eigenvalue weighted by atomic mass is 9.54. The summed E-state index contributed by atoms with van der Waals surface area (Å²) in [5.74, 6) is 1.13. The standard InChI is InChI=1S/C23H32O4/c1-19(2)13-25-22(26-14-19)10-11-23-17-7-8-20(3)16(4-5-18(20)24)15(17)6-9-21(23,12-22)27-23/h7,15-16H,4-6,8-14H2,1-3H3/t15?,16?,20-,21+,23+/m0/s1. The van der Waals surface area contributed by atoms with Crippen molar-refractivity contribution in [1.29, 1.82) is 0 Å². The molecular formula is C23H32O4. The highest BCUT2D eigenvalue weighted by Crippen LogP contribution is 2.73. The zero-order valence-electron chi connectivity index (χ0n) is 16.9. The zero-order chi connectivity index (χ0) is 18.7. The van der Waals surface area contributed by atoms with Gasteiger partial charge in [0, 0.05) is 30.1 Å². The van der Waals surface area contributed by atoms with Gasteiger partial charge in [-0.1, -0.05) is 26.8 Å². The lowest BCUT2D eigenvalue weighted by Gasteiger charge is -2.51. The molecule has 5 atom stereocenters. The van der Waals surface area contributed by atoms with Crippen molar-refractivity contribution in [3.8, 4) is 0 Å². The molecule has 4 heteroatoms. The molecule has 2 unspecified atom stereocenters. The molecule has 0 aromatic heterocycles. The molecule has 2 aliphatic heterocycles. The highest BCUT2D eigenvalue weighted by atomic mass is 16.7. The summed E-state index contributed by atoms with van der Waals surface area (Å²) in [7, 11) is 0. The minimum Gasteiger partial charge on any atom is -0.358 e. The van der Waals surface area contributed by atoms with Crippen molar-refractivity contribution in [2.75, 3.05) is 13.2 Å². The Morgan fingerprint density at radius 3 is 2.59 bits per heavy atom. The number of fused-ring (bicyclic) bond motifs is 3. The van der Waals surface area contributed by atoms with E-state index in [1.807, 2.05) is 0 Å². The van der Waals surface area contributed by atoms with Crippen molar-refractivity contribution in [2.24, 2.45) is 22.7 Å². The number of carbonyl (C=O) groups excluding carboxylic acids is 1. The predicted molar refractivity (Wildman–Crippen MR) is 100 cm³/mol. The Bertz CT molecular complexity index is 743. The van der Waals surface area contributed by atoms with Crippen LogP contribution < -0.4 is 0 Å². The highest BCUT2D eigenvalue weighted by molar-refractivity contribution is 5.87. The van der Waals surface area contributed by atoms with Crippen LogP contribution in [0.1, 0.15) is 72.1 Å². The van der Waals surface area contributed by atoms with Crippen LogP contribution in [0.4, 0.5) is 0 Å². The van der Waals surface area contributed by atoms with E-state index >= 15 is 0 Å². The van der Waals surface area contributed by atoms with E-state index in [9.17, 15) is 4.79 Å². The zero-order valence-corrected chi connectivity index (χ0v) is 16.9. The molecule has 2 saturated heterocycles. The Morgan fingerprint density at radius 2 is 1.81 bits per heavy atom. The molecular weight excluding hydrogens is 340 g/mol. The fourth-order valence-electron chi connectivity index (χ4n) is 7.35. The first-order valence-electron chi connectivity index (χ1n) is 11.0. The Labute approximate surface area is 162 Å². The van der Waals surface area contributed by atoms with Gasteiger partial charge in [0.1, 0.15) is 17.0 Å². The largest absolute Gasteiger partial charge is 0.358 e. The third-order valence-corrected chi connectivity index (χ3v) is 9.02. The maximum absolute atomic E-state index is 12.5. The lowest BCUT2D eigenvalue weighted by molar-refractivity contribution is -0.313. The molecule has 1 spiro atoms. The van der Waals surface area contributed by atoms with Crippen LogP contribution in [0.5, 0.6) is 0 Å². The minimum atomic E-state index is -0.435. The number of hydrogen-bond acceptors (Lipinski definition) is 4. The fraction of sp³-hybridized carbons (Fsp3) is 0.870. The van der Waals surface area contributed by atoms with E-state index in [0.29, 0.717) is 17.6 Å². The number of allylic oxidation sites excluding steroid dienone is 1. The SMILES string of the molecule is CC1(C)COC2(CC[C@]34O[C@]3(CCC3C4=CC[C@]4(C)C(=O)CCC34)C2)OC1. The number of epoxide rings is 1. The predicted octanol–water partition coefficient (Wildman–Crippen LogP) is 4.17. The molecule has 5 fully saturated rings. The van der Waals surface area contributed by atoms with Crippen molar-refractivity contribution in [1.82, 2.24) is 0 Å². The van der Waals surface area contributed by atoms with Crippen molar-refractivity contribution < 1.29 is 19.0 Å². The summed E-state index contributed by atoms with van der Waals surface area (Å²) in [4.78, 5) is 12.5. The van der Waals surface area contributed by atoms with E-state index in [0.717, 1.165) is 64.6 Å². The Kier molecular flexibility index (Phi) is 3.10. The van der Waals surface area contributed by atoms with Crippen LogP contribution in [0.15, 0.2) is 11.6 Å². The Balaban J connectivity index is 1.29. The summed E-state index contributed by atoms with van der Waals surface area (Å²) < 4.78 is 19.3. The number of ketones is 1. The monoisotopic (exact) mass is 372 g/mol. The second-order valence-corrected chi connectivity index (χ2v) is 11.2. The third kappa shape index (κ3) is 2.03. The number of Topliss-reactive ketones (excluding diaryl/α,β-unsaturated/α-hetero) is 1. The summed E-state index contributed by atoms with van der Waals surface area (Å²) in [5, 5.41) is 0. The fourth-order valence-corrected chi connectivity index (χ4v) is 7.35. The topological polar surface area (TPSA) is 48.1 Å². The van der Waals surface area contributed by atoms with Gasteiger partial charge in [-0.2, -0.15) is 0 Å². The molecule has 0 aromatic carbocycles. The first-order chi connectivity index (χ1) is 12.7. The molecule has 0 N–H and O–H groups in total. The summed E-state index contributed by atoms with van der Waals surface area (Å²) >= 11 is 0. The summed E-state index contributed by atoms with van der Waals surface area (Å²) in [6.45, 7) is 8.16. The van der Waals surface area contributed by atoms with Gasteiger partial charge in [-0.25, -0.2) is 0 Å². The van der Waals surface area contributed by atoms with E-state index in [2.05, 4.69) is 26.8 Å². The molecule has 0 aromatic rings. The van der Waals surface area contributed by atoms with Crippen molar-refractivity contribution >= 4 is 5.78 Å². The lowest BCUT2D eigenvalue weighted by Crippen LogP contribution is -2.56. The normalized spacial score (nSPS) is 51.7. The molecule has 3 saturated carbocycles. The second kappa shape index (κ2) is 4.88. The number of rotatable bonds is 0. The van der Waals surface area contributed by atoms with E-state index in [-0.39, 0.29) is 22.0 Å². The number of ether oxygens (including phenoxy) is 3. The van der Waals surface area contributed by atoms with Gasteiger partial charge in [-0.15, -0.1) is 0 Å². The highest BCUT2D eigenvalue weighted by Gasteiger charge is 2.79. The molecule has 27 heavy (non-hydrogen) atoms. The van der Waals surface area contributed by atoms with Crippen molar-refractivity contribution in [3.05, 3.63) is 11.6 Å². The van der Waals surface area contributed by atoms with Crippen LogP contribution in [-0.4, -0.2) is 36.0 Å². The first kappa shape index (κ1) is 17.2. The van der Waals surface area contributed by atoms with E-state index in [4.69, 9.17) is 14.2 Å². The van der Waals surface area contributed by atoms with Crippen LogP contribution >= 0.6 is 0 Å². The Morgan fingerprint density at radius 1 is 1.04 bits per heavy atom. The van der Waals surface area contributed by atoms with E-state index < -0.39 is 5.79 Å². The van der Waals surface area contributed by atoms with Crippen LogP contribution in [0, 0.1) is 22.7 Å². The van der Waals surface area contributed by atoms with Crippen molar-refractivity contribution in [3.63, 3.8) is 0 Å². The van der Waals surface area contributed by atoms with Gasteiger partial charge in [-0.3, -0.25) is 4.79 Å². The Hall–Kier alpha value is -0.710. The summed E-state index contributed by atoms with van der Waals surface area (Å²) in [6, 6.07) is 0. The molecule has 4 nitrogen and oxygen atoms in total. The summed E-state index contributed by atoms with van der Waals surface area (Å²) in [5.41, 5.74) is 1.37. The third-order valence-electron chi connectivity index (χ3n) is 9.02. The molecule has 4 aliphatic carbocycles. The van der Waals surface area contributed by atoms with Crippen LogP contribution in [-0.2, 0) is 19.0 Å². The molecule has 148 valence electrons. The van der Waals surface area contributed by atoms with Crippen LogP contribution in [0.25, 0.3) is 0 Å². The second-order valence-electron chi connectivity index (χ2n) is 11.2. The van der Waals surface area contributed by atoms with Crippen molar-refractivity contribution in [2.45, 2.75) is 89.1 Å². The summed E-state index contributed by atoms with van der Waals surface area (Å²) in [6.07, 6.45) is 10.2. The van der Waals surface area contributed by atoms with Crippen LogP contribution in [0.3, 0.4) is 0 Å². The van der Waals surface area contributed by atoms with Gasteiger partial charge in [0.25, 0.3) is 0 Å². The molecule has 6 rings (SSSR count). The molecule has 0 radical (unpaired) electrons. The van der Waals surface area contributed by atoms with Gasteiger partial charge in [0.15, 0.2) is 5.79 Å². The first-order valence-corrected chi connectivity index (χ1v) is 11.0. The molecule has 0 amide bonds. The van der Waals surface area contributed by atoms with Gasteiger partial charge >= 0.3 is 0 Å². The number of hydrogen-bond donors (Lipinski definition) is 0.